The van der Waals surface area contributed by atoms with Crippen LogP contribution in [-0.2, 0) is 4.79 Å². The zero-order chi connectivity index (χ0) is 20.0. The number of rotatable bonds is 5. The van der Waals surface area contributed by atoms with Crippen LogP contribution in [0.15, 0.2) is 24.4 Å². The maximum Gasteiger partial charge on any atom is 0.326 e. The Labute approximate surface area is 159 Å². The van der Waals surface area contributed by atoms with Gasteiger partial charge in [0, 0.05) is 23.7 Å². The van der Waals surface area contributed by atoms with E-state index in [9.17, 15) is 19.5 Å². The number of hydrogen-bond donors (Lipinski definition) is 4. The summed E-state index contributed by atoms with van der Waals surface area (Å²) >= 11 is 0. The number of nitrogens with zero attached hydrogens (tertiary/aromatic N) is 2. The number of aromatic nitrogens is 1. The number of aliphatic carboxylic acids is 1. The molecule has 1 aliphatic heterocycles. The second kappa shape index (κ2) is 6.71. The van der Waals surface area contributed by atoms with E-state index in [1.807, 2.05) is 0 Å². The number of piperidine rings is 1. The quantitative estimate of drug-likeness (QED) is 0.601. The van der Waals surface area contributed by atoms with E-state index in [-0.39, 0.29) is 25.2 Å². The Hall–Kier alpha value is -3.27. The van der Waals surface area contributed by atoms with Crippen LogP contribution in [0.3, 0.4) is 0 Å². The van der Waals surface area contributed by atoms with Crippen molar-refractivity contribution in [1.82, 2.24) is 9.47 Å². The largest absolute Gasteiger partial charge is 0.491 e. The molecule has 1 saturated heterocycles. The number of nitrogens with one attached hydrogen (secondary N) is 1. The number of carboxylic acids is 1. The number of hydrogen-bond acceptors (Lipinski definition) is 5. The van der Waals surface area contributed by atoms with Crippen molar-refractivity contribution in [2.75, 3.05) is 18.5 Å². The Morgan fingerprint density at radius 3 is 2.75 bits per heavy atom. The first-order chi connectivity index (χ1) is 13.4. The molecule has 28 heavy (non-hydrogen) atoms. The van der Waals surface area contributed by atoms with Gasteiger partial charge in [-0.15, -0.1) is 0 Å². The molecule has 2 heterocycles. The fourth-order valence-corrected chi connectivity index (χ4v) is 3.89. The number of aliphatic hydroxyl groups excluding tert-OH is 1. The smallest absolute Gasteiger partial charge is 0.326 e. The Morgan fingerprint density at radius 2 is 2.07 bits per heavy atom. The third-order valence-corrected chi connectivity index (χ3v) is 5.24. The van der Waals surface area contributed by atoms with Gasteiger partial charge in [-0.25, -0.2) is 14.4 Å². The van der Waals surface area contributed by atoms with E-state index >= 15 is 0 Å². The van der Waals surface area contributed by atoms with Gasteiger partial charge in [0.1, 0.15) is 18.4 Å². The number of fused-ring (bicyclic) bond motifs is 2. The monoisotopic (exact) mass is 388 g/mol. The fourth-order valence-electron chi connectivity index (χ4n) is 3.89. The summed E-state index contributed by atoms with van der Waals surface area (Å²) in [5.41, 5.74) is 6.21. The first-order valence-electron chi connectivity index (χ1n) is 8.91. The van der Waals surface area contributed by atoms with E-state index < -0.39 is 24.1 Å². The minimum atomic E-state index is -1.02. The third-order valence-electron chi connectivity index (χ3n) is 5.24. The number of primary amides is 1. The van der Waals surface area contributed by atoms with Crippen molar-refractivity contribution in [3.05, 3.63) is 24.4 Å². The topological polar surface area (TPSA) is 147 Å². The molecule has 3 atom stereocenters. The summed E-state index contributed by atoms with van der Waals surface area (Å²) in [6, 6.07) is 2.74. The molecule has 148 valence electrons. The number of benzene rings is 1. The van der Waals surface area contributed by atoms with Crippen LogP contribution >= 0.6 is 0 Å². The number of likely N-dealkylation sites (tertiary alicyclic amines) is 1. The number of ether oxygens (including phenoxy) is 1. The summed E-state index contributed by atoms with van der Waals surface area (Å²) in [6.45, 7) is -0.0562. The molecule has 1 aromatic carbocycles. The summed E-state index contributed by atoms with van der Waals surface area (Å²) in [5.74, 6) is -0.344. The molecule has 0 radical (unpaired) electrons. The normalized spacial score (nSPS) is 22.8. The Balaban J connectivity index is 1.64. The minimum Gasteiger partial charge on any atom is -0.491 e. The Kier molecular flexibility index (Phi) is 4.34. The number of urea groups is 1. The highest BCUT2D eigenvalue weighted by molar-refractivity contribution is 6.05. The molecule has 0 unspecified atom stereocenters. The predicted molar refractivity (Wildman–Crippen MR) is 98.3 cm³/mol. The second-order valence-electron chi connectivity index (χ2n) is 6.99. The van der Waals surface area contributed by atoms with Gasteiger partial charge in [0.2, 0.25) is 0 Å². The summed E-state index contributed by atoms with van der Waals surface area (Å²) in [5, 5.41) is 21.5. The first kappa shape index (κ1) is 18.1. The van der Waals surface area contributed by atoms with Crippen molar-refractivity contribution < 1.29 is 29.3 Å². The third kappa shape index (κ3) is 3.01. The molecule has 2 fully saturated rings. The van der Waals surface area contributed by atoms with E-state index in [1.54, 1.807) is 18.2 Å². The van der Waals surface area contributed by atoms with E-state index in [2.05, 4.69) is 5.32 Å². The highest BCUT2D eigenvalue weighted by Gasteiger charge is 2.56. The minimum absolute atomic E-state index is 0.0518. The van der Waals surface area contributed by atoms with E-state index in [4.69, 9.17) is 15.6 Å². The molecule has 0 bridgehead atoms. The lowest BCUT2D eigenvalue weighted by Crippen LogP contribution is -2.45. The van der Waals surface area contributed by atoms with Crippen molar-refractivity contribution >= 4 is 34.6 Å². The molecule has 10 nitrogen and oxygen atoms in total. The summed E-state index contributed by atoms with van der Waals surface area (Å²) < 4.78 is 6.53. The lowest BCUT2D eigenvalue weighted by Gasteiger charge is -2.24. The Morgan fingerprint density at radius 1 is 1.29 bits per heavy atom. The van der Waals surface area contributed by atoms with Crippen LogP contribution in [0.2, 0.25) is 0 Å². The zero-order valence-electron chi connectivity index (χ0n) is 14.9. The number of carboxylic acid groups (broad SMARTS) is 1. The molecular formula is C18H20N4O6. The van der Waals surface area contributed by atoms with Crippen molar-refractivity contribution in [2.45, 2.75) is 24.9 Å². The van der Waals surface area contributed by atoms with Gasteiger partial charge in [-0.2, -0.15) is 0 Å². The zero-order valence-corrected chi connectivity index (χ0v) is 14.9. The van der Waals surface area contributed by atoms with Crippen LogP contribution in [0.5, 0.6) is 5.75 Å². The average Bonchev–Trinajstić information content (AvgIpc) is 3.16. The molecule has 2 aliphatic rings. The lowest BCUT2D eigenvalue weighted by molar-refractivity contribution is -0.141. The van der Waals surface area contributed by atoms with E-state index in [1.165, 1.54) is 15.7 Å². The van der Waals surface area contributed by atoms with Gasteiger partial charge in [-0.3, -0.25) is 4.57 Å². The van der Waals surface area contributed by atoms with Crippen molar-refractivity contribution in [1.29, 1.82) is 0 Å². The number of carbonyl (C=O) groups is 3. The molecule has 5 N–H and O–H groups in total. The van der Waals surface area contributed by atoms with Gasteiger partial charge in [0.15, 0.2) is 0 Å². The number of anilines is 1. The van der Waals surface area contributed by atoms with Crippen LogP contribution in [-0.4, -0.2) is 63.0 Å². The summed E-state index contributed by atoms with van der Waals surface area (Å²) in [6.07, 6.45) is 2.67. The SMILES string of the molecule is NC(=O)n1cc(NC(=O)N2[C@@H]3C[C@@H]3C[C@H]2C(=O)O)c2ccc(OCCO)cc21. The van der Waals surface area contributed by atoms with Gasteiger partial charge < -0.3 is 30.9 Å². The van der Waals surface area contributed by atoms with Gasteiger partial charge in [-0.1, -0.05) is 0 Å². The number of amides is 3. The maximum absolute atomic E-state index is 12.8. The second-order valence-corrected chi connectivity index (χ2v) is 6.99. The number of nitrogens with two attached hydrogens (primary N) is 1. The standard InChI is InChI=1S/C18H20N4O6/c19-17(26)21-8-12(11-2-1-10(7-14(11)21)28-4-3-23)20-18(27)22-13-5-9(13)6-15(22)16(24)25/h1-2,7-9,13,15,23H,3-6H2,(H2,19,26)(H,20,27)(H,24,25)/t9-,13-,15+/m1/s1. The van der Waals surface area contributed by atoms with Crippen LogP contribution in [0.1, 0.15) is 12.8 Å². The maximum atomic E-state index is 12.8. The predicted octanol–water partition coefficient (Wildman–Crippen LogP) is 1.02. The Bertz CT molecular complexity index is 970. The molecule has 3 amide bonds. The summed E-state index contributed by atoms with van der Waals surface area (Å²) in [4.78, 5) is 37.4. The lowest BCUT2D eigenvalue weighted by atomic mass is 10.2. The van der Waals surface area contributed by atoms with Crippen LogP contribution in [0.4, 0.5) is 15.3 Å². The van der Waals surface area contributed by atoms with E-state index in [0.29, 0.717) is 28.8 Å². The average molecular weight is 388 g/mol. The van der Waals surface area contributed by atoms with Gasteiger partial charge >= 0.3 is 18.0 Å². The van der Waals surface area contributed by atoms with Gasteiger partial charge in [-0.05, 0) is 30.9 Å². The van der Waals surface area contributed by atoms with Crippen LogP contribution in [0.25, 0.3) is 10.9 Å². The molecule has 10 heteroatoms. The number of carbonyl (C=O) groups excluding carboxylic acids is 2. The number of aliphatic hydroxyl groups is 1. The van der Waals surface area contributed by atoms with Crippen molar-refractivity contribution in [3.63, 3.8) is 0 Å². The molecule has 4 rings (SSSR count). The highest BCUT2D eigenvalue weighted by Crippen LogP contribution is 2.48. The molecular weight excluding hydrogens is 368 g/mol. The molecule has 0 spiro atoms. The van der Waals surface area contributed by atoms with Gasteiger partial charge in [0.05, 0.1) is 17.8 Å². The van der Waals surface area contributed by atoms with Gasteiger partial charge in [0.25, 0.3) is 0 Å². The molecule has 1 saturated carbocycles. The van der Waals surface area contributed by atoms with Crippen molar-refractivity contribution in [2.24, 2.45) is 11.7 Å². The molecule has 1 aromatic heterocycles. The molecule has 1 aliphatic carbocycles. The van der Waals surface area contributed by atoms with Crippen LogP contribution in [0, 0.1) is 5.92 Å². The van der Waals surface area contributed by atoms with Crippen LogP contribution < -0.4 is 15.8 Å². The fraction of sp³-hybridized carbons (Fsp3) is 0.389. The van der Waals surface area contributed by atoms with Crippen molar-refractivity contribution in [3.8, 4) is 5.75 Å². The first-order valence-corrected chi connectivity index (χ1v) is 8.91. The molecule has 2 aromatic rings. The summed E-state index contributed by atoms with van der Waals surface area (Å²) in [7, 11) is 0. The highest BCUT2D eigenvalue weighted by atomic mass is 16.5. The van der Waals surface area contributed by atoms with E-state index in [0.717, 1.165) is 6.42 Å².